The Labute approximate surface area is 172 Å². The van der Waals surface area contributed by atoms with Gasteiger partial charge in [-0.25, -0.2) is 9.37 Å². The molecule has 0 fully saturated rings. The summed E-state index contributed by atoms with van der Waals surface area (Å²) in [5.74, 6) is 1.51. The van der Waals surface area contributed by atoms with Crippen molar-refractivity contribution in [3.05, 3.63) is 83.3 Å². The first-order chi connectivity index (χ1) is 14.1. The van der Waals surface area contributed by atoms with Crippen molar-refractivity contribution in [2.75, 3.05) is 6.79 Å². The zero-order valence-corrected chi connectivity index (χ0v) is 16.5. The van der Waals surface area contributed by atoms with E-state index in [1.807, 2.05) is 25.1 Å². The number of aromatic nitrogens is 1. The first kappa shape index (κ1) is 19.3. The Bertz CT molecular complexity index is 1030. The molecule has 29 heavy (non-hydrogen) atoms. The third-order valence-corrected chi connectivity index (χ3v) is 5.63. The topological polar surface area (TPSA) is 60.5 Å². The zero-order chi connectivity index (χ0) is 20.2. The lowest BCUT2D eigenvalue weighted by Gasteiger charge is -2.16. The lowest BCUT2D eigenvalue weighted by molar-refractivity contribution is 0.0936. The van der Waals surface area contributed by atoms with Crippen molar-refractivity contribution in [3.8, 4) is 11.5 Å². The van der Waals surface area contributed by atoms with Crippen molar-refractivity contribution in [2.24, 2.45) is 0 Å². The van der Waals surface area contributed by atoms with Crippen LogP contribution in [0.3, 0.4) is 0 Å². The second kappa shape index (κ2) is 8.53. The number of nitrogens with one attached hydrogen (secondary N) is 1. The molecule has 0 bridgehead atoms. The highest BCUT2D eigenvalue weighted by atomic mass is 32.2. The summed E-state index contributed by atoms with van der Waals surface area (Å²) in [6.07, 6.45) is 1.66. The molecular weight excluding hydrogens is 391 g/mol. The number of nitrogens with zero attached hydrogens (tertiary/aromatic N) is 1. The van der Waals surface area contributed by atoms with Gasteiger partial charge in [0.15, 0.2) is 11.5 Å². The van der Waals surface area contributed by atoms with Crippen LogP contribution in [0.5, 0.6) is 11.5 Å². The molecule has 5 nitrogen and oxygen atoms in total. The SMILES string of the molecule is CC(NC(=O)c1cccnc1SCc1ccc(F)cc1)c1ccc2c(c1)OCO2. The number of amides is 1. The molecule has 0 saturated heterocycles. The minimum atomic E-state index is -0.269. The van der Waals surface area contributed by atoms with E-state index >= 15 is 0 Å². The normalized spacial score (nSPS) is 13.2. The lowest BCUT2D eigenvalue weighted by atomic mass is 10.1. The maximum absolute atomic E-state index is 13.1. The van der Waals surface area contributed by atoms with E-state index < -0.39 is 0 Å². The van der Waals surface area contributed by atoms with Gasteiger partial charge in [-0.3, -0.25) is 4.79 Å². The van der Waals surface area contributed by atoms with E-state index in [4.69, 9.17) is 9.47 Å². The maximum atomic E-state index is 13.1. The summed E-state index contributed by atoms with van der Waals surface area (Å²) >= 11 is 1.44. The fourth-order valence-corrected chi connectivity index (χ4v) is 3.90. The third-order valence-electron chi connectivity index (χ3n) is 4.55. The number of pyridine rings is 1. The van der Waals surface area contributed by atoms with Crippen molar-refractivity contribution in [1.29, 1.82) is 0 Å². The summed E-state index contributed by atoms with van der Waals surface area (Å²) in [6, 6.07) is 15.2. The van der Waals surface area contributed by atoms with Gasteiger partial charge >= 0.3 is 0 Å². The van der Waals surface area contributed by atoms with Crippen LogP contribution in [-0.4, -0.2) is 17.7 Å². The number of hydrogen-bond donors (Lipinski definition) is 1. The molecule has 7 heteroatoms. The Morgan fingerprint density at radius 2 is 1.97 bits per heavy atom. The van der Waals surface area contributed by atoms with Crippen LogP contribution in [0.2, 0.25) is 0 Å². The summed E-state index contributed by atoms with van der Waals surface area (Å²) < 4.78 is 23.8. The molecule has 1 aliphatic heterocycles. The molecule has 2 heterocycles. The standard InChI is InChI=1S/C22H19FN2O3S/c1-14(16-6-9-19-20(11-16)28-13-27-19)25-21(26)18-3-2-10-24-22(18)29-12-15-4-7-17(23)8-5-15/h2-11,14H,12-13H2,1H3,(H,25,26). The van der Waals surface area contributed by atoms with Gasteiger partial charge in [-0.2, -0.15) is 0 Å². The van der Waals surface area contributed by atoms with Gasteiger partial charge in [-0.1, -0.05) is 18.2 Å². The molecule has 0 aliphatic carbocycles. The second-order valence-corrected chi connectivity index (χ2v) is 7.54. The molecule has 1 amide bonds. The van der Waals surface area contributed by atoms with Crippen LogP contribution in [0.15, 0.2) is 65.8 Å². The predicted octanol–water partition coefficient (Wildman–Crippen LogP) is 4.73. The molecule has 148 valence electrons. The Hall–Kier alpha value is -3.06. The van der Waals surface area contributed by atoms with Gasteiger partial charge in [0.05, 0.1) is 11.6 Å². The predicted molar refractivity (Wildman–Crippen MR) is 109 cm³/mol. The number of rotatable bonds is 6. The Balaban J connectivity index is 1.45. The minimum Gasteiger partial charge on any atom is -0.454 e. The minimum absolute atomic E-state index is 0.204. The molecule has 1 unspecified atom stereocenters. The number of carbonyl (C=O) groups is 1. The molecule has 2 aromatic carbocycles. The van der Waals surface area contributed by atoms with Gasteiger partial charge in [0.25, 0.3) is 5.91 Å². The van der Waals surface area contributed by atoms with Gasteiger partial charge in [-0.15, -0.1) is 11.8 Å². The molecule has 0 radical (unpaired) electrons. The van der Waals surface area contributed by atoms with Crippen LogP contribution >= 0.6 is 11.8 Å². The van der Waals surface area contributed by atoms with Gasteiger partial charge in [0.2, 0.25) is 6.79 Å². The summed E-state index contributed by atoms with van der Waals surface area (Å²) in [5.41, 5.74) is 2.39. The molecule has 4 rings (SSSR count). The van der Waals surface area contributed by atoms with Crippen LogP contribution in [0.1, 0.15) is 34.5 Å². The molecule has 0 saturated carbocycles. The smallest absolute Gasteiger partial charge is 0.254 e. The van der Waals surface area contributed by atoms with Crippen molar-refractivity contribution in [2.45, 2.75) is 23.7 Å². The number of hydrogen-bond acceptors (Lipinski definition) is 5. The lowest BCUT2D eigenvalue weighted by Crippen LogP contribution is -2.27. The van der Waals surface area contributed by atoms with Crippen LogP contribution in [0.4, 0.5) is 4.39 Å². The highest BCUT2D eigenvalue weighted by molar-refractivity contribution is 7.98. The van der Waals surface area contributed by atoms with Gasteiger partial charge in [0, 0.05) is 11.9 Å². The highest BCUT2D eigenvalue weighted by Gasteiger charge is 2.19. The Kier molecular flexibility index (Phi) is 5.67. The number of ether oxygens (including phenoxy) is 2. The fourth-order valence-electron chi connectivity index (χ4n) is 2.95. The summed E-state index contributed by atoms with van der Waals surface area (Å²) in [7, 11) is 0. The van der Waals surface area contributed by atoms with Gasteiger partial charge in [0.1, 0.15) is 10.8 Å². The number of carbonyl (C=O) groups excluding carboxylic acids is 1. The zero-order valence-electron chi connectivity index (χ0n) is 15.7. The number of thioether (sulfide) groups is 1. The van der Waals surface area contributed by atoms with Gasteiger partial charge in [-0.05, 0) is 54.4 Å². The van der Waals surface area contributed by atoms with Crippen molar-refractivity contribution < 1.29 is 18.7 Å². The Morgan fingerprint density at radius 1 is 1.17 bits per heavy atom. The monoisotopic (exact) mass is 410 g/mol. The third kappa shape index (κ3) is 4.51. The second-order valence-electron chi connectivity index (χ2n) is 6.58. The average molecular weight is 410 g/mol. The van der Waals surface area contributed by atoms with Crippen LogP contribution in [-0.2, 0) is 5.75 Å². The van der Waals surface area contributed by atoms with Crippen molar-refractivity contribution in [3.63, 3.8) is 0 Å². The molecule has 1 N–H and O–H groups in total. The van der Waals surface area contributed by atoms with E-state index in [-0.39, 0.29) is 24.6 Å². The molecule has 1 aromatic heterocycles. The van der Waals surface area contributed by atoms with E-state index in [2.05, 4.69) is 10.3 Å². The molecule has 0 spiro atoms. The fraction of sp³-hybridized carbons (Fsp3) is 0.182. The first-order valence-electron chi connectivity index (χ1n) is 9.13. The van der Waals surface area contributed by atoms with E-state index in [9.17, 15) is 9.18 Å². The highest BCUT2D eigenvalue weighted by Crippen LogP contribution is 2.34. The van der Waals surface area contributed by atoms with E-state index in [1.165, 1.54) is 23.9 Å². The van der Waals surface area contributed by atoms with Crippen LogP contribution in [0, 0.1) is 5.82 Å². The van der Waals surface area contributed by atoms with E-state index in [1.54, 1.807) is 30.5 Å². The van der Waals surface area contributed by atoms with Crippen LogP contribution in [0.25, 0.3) is 0 Å². The van der Waals surface area contributed by atoms with E-state index in [0.29, 0.717) is 27.8 Å². The molecule has 1 aliphatic rings. The molecule has 3 aromatic rings. The summed E-state index contributed by atoms with van der Waals surface area (Å²) in [6.45, 7) is 2.13. The first-order valence-corrected chi connectivity index (χ1v) is 10.1. The Morgan fingerprint density at radius 3 is 2.79 bits per heavy atom. The summed E-state index contributed by atoms with van der Waals surface area (Å²) in [4.78, 5) is 17.2. The molecular formula is C22H19FN2O3S. The largest absolute Gasteiger partial charge is 0.454 e. The number of benzene rings is 2. The summed E-state index contributed by atoms with van der Waals surface area (Å²) in [5, 5.41) is 3.64. The molecule has 1 atom stereocenters. The number of halogens is 1. The quantitative estimate of drug-likeness (QED) is 0.595. The van der Waals surface area contributed by atoms with E-state index in [0.717, 1.165) is 11.1 Å². The van der Waals surface area contributed by atoms with Crippen molar-refractivity contribution in [1.82, 2.24) is 10.3 Å². The van der Waals surface area contributed by atoms with Gasteiger partial charge < -0.3 is 14.8 Å². The van der Waals surface area contributed by atoms with Crippen molar-refractivity contribution >= 4 is 17.7 Å². The van der Waals surface area contributed by atoms with Crippen LogP contribution < -0.4 is 14.8 Å². The average Bonchev–Trinajstić information content (AvgIpc) is 3.21. The number of fused-ring (bicyclic) bond motifs is 1. The maximum Gasteiger partial charge on any atom is 0.254 e.